The van der Waals surface area contributed by atoms with Gasteiger partial charge in [-0.05, 0) is 36.8 Å². The van der Waals surface area contributed by atoms with E-state index in [0.29, 0.717) is 17.1 Å². The van der Waals surface area contributed by atoms with E-state index in [4.69, 9.17) is 9.47 Å². The fourth-order valence-corrected chi connectivity index (χ4v) is 3.69. The maximum Gasteiger partial charge on any atom is 0.433 e. The predicted octanol–water partition coefficient (Wildman–Crippen LogP) is 5.15. The minimum Gasteiger partial charge on any atom is -0.493 e. The fourth-order valence-electron chi connectivity index (χ4n) is 3.02. The molecule has 10 heteroatoms. The first kappa shape index (κ1) is 24.4. The Bertz CT molecular complexity index is 1110. The van der Waals surface area contributed by atoms with Crippen molar-refractivity contribution in [3.63, 3.8) is 0 Å². The Morgan fingerprint density at radius 1 is 1.03 bits per heavy atom. The first-order chi connectivity index (χ1) is 15.7. The summed E-state index contributed by atoms with van der Waals surface area (Å²) < 4.78 is 50.8. The molecule has 3 rings (SSSR count). The van der Waals surface area contributed by atoms with Crippen LogP contribution in [0.5, 0.6) is 11.5 Å². The molecule has 6 nitrogen and oxygen atoms in total. The van der Waals surface area contributed by atoms with Crippen LogP contribution in [0.2, 0.25) is 0 Å². The number of carbonyl (C=O) groups is 1. The van der Waals surface area contributed by atoms with Crippen molar-refractivity contribution < 1.29 is 27.4 Å². The number of benzene rings is 2. The number of aromatic nitrogens is 2. The highest BCUT2D eigenvalue weighted by atomic mass is 32.2. The number of nitrogens with one attached hydrogen (secondary N) is 1. The fraction of sp³-hybridized carbons (Fsp3) is 0.261. The Kier molecular flexibility index (Phi) is 7.80. The highest BCUT2D eigenvalue weighted by Crippen LogP contribution is 2.35. The minimum absolute atomic E-state index is 0.0545. The quantitative estimate of drug-likeness (QED) is 0.357. The van der Waals surface area contributed by atoms with Gasteiger partial charge in [-0.1, -0.05) is 42.1 Å². The number of rotatable bonds is 8. The molecule has 33 heavy (non-hydrogen) atoms. The lowest BCUT2D eigenvalue weighted by Crippen LogP contribution is -2.28. The molecule has 1 N–H and O–H groups in total. The zero-order valence-corrected chi connectivity index (χ0v) is 19.0. The number of carbonyl (C=O) groups excluding carboxylic acids is 1. The van der Waals surface area contributed by atoms with E-state index < -0.39 is 11.9 Å². The van der Waals surface area contributed by atoms with E-state index in [1.807, 2.05) is 37.3 Å². The molecule has 0 aliphatic heterocycles. The standard InChI is InChI=1S/C23H22F3N3O3S/c1-14(15-7-5-4-6-8-15)27-21(30)13-33-22-28-17(12-20(29-22)23(24,25)26)16-9-10-18(31-2)19(11-16)32-3/h4-12,14H,13H2,1-3H3,(H,27,30). The van der Waals surface area contributed by atoms with Crippen molar-refractivity contribution in [2.24, 2.45) is 0 Å². The van der Waals surface area contributed by atoms with E-state index in [0.717, 1.165) is 23.4 Å². The number of ether oxygens (including phenoxy) is 2. The lowest BCUT2D eigenvalue weighted by molar-refractivity contribution is -0.141. The van der Waals surface area contributed by atoms with Crippen molar-refractivity contribution in [2.75, 3.05) is 20.0 Å². The van der Waals surface area contributed by atoms with Gasteiger partial charge in [0.2, 0.25) is 5.91 Å². The molecule has 1 amide bonds. The third-order valence-corrected chi connectivity index (χ3v) is 5.53. The molecule has 0 aliphatic carbocycles. The van der Waals surface area contributed by atoms with Crippen LogP contribution in [0.25, 0.3) is 11.3 Å². The van der Waals surface area contributed by atoms with Gasteiger partial charge in [-0.3, -0.25) is 4.79 Å². The second kappa shape index (κ2) is 10.6. The third kappa shape index (κ3) is 6.38. The lowest BCUT2D eigenvalue weighted by Gasteiger charge is -2.14. The molecule has 0 bridgehead atoms. The Balaban J connectivity index is 1.81. The summed E-state index contributed by atoms with van der Waals surface area (Å²) in [5.74, 6) is 0.310. The summed E-state index contributed by atoms with van der Waals surface area (Å²) in [6.45, 7) is 1.83. The molecule has 1 aromatic heterocycles. The Hall–Kier alpha value is -3.27. The second-order valence-electron chi connectivity index (χ2n) is 6.98. The molecule has 1 unspecified atom stereocenters. The van der Waals surface area contributed by atoms with Crippen molar-refractivity contribution in [1.82, 2.24) is 15.3 Å². The van der Waals surface area contributed by atoms with E-state index in [9.17, 15) is 18.0 Å². The van der Waals surface area contributed by atoms with Gasteiger partial charge in [0.15, 0.2) is 16.7 Å². The van der Waals surface area contributed by atoms with Gasteiger partial charge in [0.1, 0.15) is 5.69 Å². The van der Waals surface area contributed by atoms with E-state index in [2.05, 4.69) is 15.3 Å². The van der Waals surface area contributed by atoms with E-state index in [1.54, 1.807) is 12.1 Å². The van der Waals surface area contributed by atoms with Crippen LogP contribution in [0.15, 0.2) is 59.8 Å². The van der Waals surface area contributed by atoms with Gasteiger partial charge >= 0.3 is 6.18 Å². The smallest absolute Gasteiger partial charge is 0.433 e. The van der Waals surface area contributed by atoms with E-state index in [-0.39, 0.29) is 28.6 Å². The van der Waals surface area contributed by atoms with Crippen LogP contribution < -0.4 is 14.8 Å². The van der Waals surface area contributed by atoms with Crippen LogP contribution >= 0.6 is 11.8 Å². The molecule has 0 spiro atoms. The number of halogens is 3. The zero-order valence-electron chi connectivity index (χ0n) is 18.1. The molecule has 0 aliphatic rings. The van der Waals surface area contributed by atoms with Crippen LogP contribution in [-0.2, 0) is 11.0 Å². The predicted molar refractivity (Wildman–Crippen MR) is 119 cm³/mol. The molecule has 0 saturated heterocycles. The van der Waals surface area contributed by atoms with Crippen molar-refractivity contribution in [3.05, 3.63) is 65.9 Å². The van der Waals surface area contributed by atoms with Crippen molar-refractivity contribution >= 4 is 17.7 Å². The van der Waals surface area contributed by atoms with Crippen LogP contribution in [0.3, 0.4) is 0 Å². The first-order valence-electron chi connectivity index (χ1n) is 9.87. The Morgan fingerprint density at radius 3 is 2.36 bits per heavy atom. The number of methoxy groups -OCH3 is 2. The van der Waals surface area contributed by atoms with Gasteiger partial charge in [0, 0.05) is 5.56 Å². The van der Waals surface area contributed by atoms with Gasteiger partial charge in [-0.25, -0.2) is 9.97 Å². The molecule has 174 valence electrons. The Morgan fingerprint density at radius 2 is 1.73 bits per heavy atom. The lowest BCUT2D eigenvalue weighted by atomic mass is 10.1. The zero-order chi connectivity index (χ0) is 24.0. The molecule has 1 heterocycles. The number of hydrogen-bond acceptors (Lipinski definition) is 6. The summed E-state index contributed by atoms with van der Waals surface area (Å²) in [6, 6.07) is 14.7. The van der Waals surface area contributed by atoms with Crippen molar-refractivity contribution in [1.29, 1.82) is 0 Å². The van der Waals surface area contributed by atoms with Crippen LogP contribution in [0.1, 0.15) is 24.2 Å². The summed E-state index contributed by atoms with van der Waals surface area (Å²) in [7, 11) is 2.89. The maximum absolute atomic E-state index is 13.5. The number of alkyl halides is 3. The third-order valence-electron chi connectivity index (χ3n) is 4.68. The summed E-state index contributed by atoms with van der Waals surface area (Å²) in [5.41, 5.74) is 0.271. The van der Waals surface area contributed by atoms with Crippen LogP contribution in [-0.4, -0.2) is 35.8 Å². The molecule has 0 fully saturated rings. The van der Waals surface area contributed by atoms with Gasteiger partial charge in [0.25, 0.3) is 0 Å². The summed E-state index contributed by atoms with van der Waals surface area (Å²) >= 11 is 0.832. The molecular formula is C23H22F3N3O3S. The molecule has 0 saturated carbocycles. The highest BCUT2D eigenvalue weighted by Gasteiger charge is 2.34. The van der Waals surface area contributed by atoms with Crippen LogP contribution in [0.4, 0.5) is 13.2 Å². The average Bonchev–Trinajstić information content (AvgIpc) is 2.82. The van der Waals surface area contributed by atoms with Gasteiger partial charge in [-0.2, -0.15) is 13.2 Å². The number of hydrogen-bond donors (Lipinski definition) is 1. The normalized spacial score (nSPS) is 12.2. The summed E-state index contributed by atoms with van der Waals surface area (Å²) in [5, 5.41) is 2.66. The topological polar surface area (TPSA) is 73.3 Å². The molecule has 1 atom stereocenters. The van der Waals surface area contributed by atoms with Crippen LogP contribution in [0, 0.1) is 0 Å². The molecule has 0 radical (unpaired) electrons. The Labute approximate surface area is 193 Å². The largest absolute Gasteiger partial charge is 0.493 e. The number of nitrogens with zero attached hydrogens (tertiary/aromatic N) is 2. The number of amides is 1. The second-order valence-corrected chi connectivity index (χ2v) is 7.92. The SMILES string of the molecule is COc1ccc(-c2cc(C(F)(F)F)nc(SCC(=O)NC(C)c3ccccc3)n2)cc1OC. The van der Waals surface area contributed by atoms with E-state index >= 15 is 0 Å². The monoisotopic (exact) mass is 477 g/mol. The summed E-state index contributed by atoms with van der Waals surface area (Å²) in [6.07, 6.45) is -4.67. The first-order valence-corrected chi connectivity index (χ1v) is 10.9. The molecular weight excluding hydrogens is 455 g/mol. The van der Waals surface area contributed by atoms with Gasteiger partial charge < -0.3 is 14.8 Å². The van der Waals surface area contributed by atoms with E-state index in [1.165, 1.54) is 20.3 Å². The molecule has 3 aromatic rings. The highest BCUT2D eigenvalue weighted by molar-refractivity contribution is 7.99. The van der Waals surface area contributed by atoms with Crippen molar-refractivity contribution in [2.45, 2.75) is 24.3 Å². The minimum atomic E-state index is -4.67. The summed E-state index contributed by atoms with van der Waals surface area (Å²) in [4.78, 5) is 20.2. The average molecular weight is 478 g/mol. The number of thioether (sulfide) groups is 1. The van der Waals surface area contributed by atoms with Crippen molar-refractivity contribution in [3.8, 4) is 22.8 Å². The maximum atomic E-state index is 13.5. The van der Waals surface area contributed by atoms with Gasteiger partial charge in [0.05, 0.1) is 31.7 Å². The van der Waals surface area contributed by atoms with Gasteiger partial charge in [-0.15, -0.1) is 0 Å². The molecule has 2 aromatic carbocycles.